The highest BCUT2D eigenvalue weighted by atomic mass is 35.5. The molecule has 1 saturated carbocycles. The summed E-state index contributed by atoms with van der Waals surface area (Å²) in [4.78, 5) is 30.1. The Labute approximate surface area is 287 Å². The molecule has 48 heavy (non-hydrogen) atoms. The van der Waals surface area contributed by atoms with Gasteiger partial charge in [-0.1, -0.05) is 29.8 Å². The van der Waals surface area contributed by atoms with Gasteiger partial charge in [-0.05, 0) is 80.0 Å². The number of rotatable bonds is 9. The Balaban J connectivity index is 1.02. The predicted octanol–water partition coefficient (Wildman–Crippen LogP) is 4.49. The Morgan fingerprint density at radius 3 is 2.50 bits per heavy atom. The number of anilines is 1. The maximum Gasteiger partial charge on any atom is 0.225 e. The van der Waals surface area contributed by atoms with Gasteiger partial charge in [0, 0.05) is 55.7 Å². The fraction of sp³-hybridized carbons (Fsp3) is 0.500. The van der Waals surface area contributed by atoms with Gasteiger partial charge in [0.2, 0.25) is 5.91 Å². The molecule has 1 spiro atoms. The Bertz CT molecular complexity index is 1760. The number of benzene rings is 2. The van der Waals surface area contributed by atoms with Crippen LogP contribution in [0.4, 0.5) is 5.82 Å². The maximum atomic E-state index is 14.0. The van der Waals surface area contributed by atoms with E-state index in [0.717, 1.165) is 85.5 Å². The van der Waals surface area contributed by atoms with Crippen molar-refractivity contribution >= 4 is 34.4 Å². The van der Waals surface area contributed by atoms with Gasteiger partial charge in [0.25, 0.3) is 0 Å². The van der Waals surface area contributed by atoms with Crippen LogP contribution in [0, 0.1) is 5.92 Å². The zero-order valence-electron chi connectivity index (χ0n) is 27.9. The number of nitrogens with zero attached hydrogens (tertiary/aromatic N) is 7. The molecule has 0 radical (unpaired) electrons. The number of piperazine rings is 1. The highest BCUT2D eigenvalue weighted by Gasteiger charge is 2.47. The van der Waals surface area contributed by atoms with Crippen molar-refractivity contribution in [2.45, 2.75) is 50.6 Å². The van der Waals surface area contributed by atoms with E-state index in [1.165, 1.54) is 11.1 Å². The number of fused-ring (bicyclic) bond motifs is 3. The van der Waals surface area contributed by atoms with Crippen LogP contribution in [0.5, 0.6) is 11.5 Å². The fourth-order valence-corrected chi connectivity index (χ4v) is 8.37. The first-order valence-electron chi connectivity index (χ1n) is 17.1. The normalized spacial score (nSPS) is 21.5. The Morgan fingerprint density at radius 2 is 1.77 bits per heavy atom. The van der Waals surface area contributed by atoms with Gasteiger partial charge in [-0.2, -0.15) is 5.10 Å². The molecule has 2 aromatic heterocycles. The van der Waals surface area contributed by atoms with E-state index in [4.69, 9.17) is 26.8 Å². The molecular formula is C36H45ClN8O3. The third kappa shape index (κ3) is 5.97. The molecule has 0 bridgehead atoms. The summed E-state index contributed by atoms with van der Waals surface area (Å²) >= 11 is 6.42. The third-order valence-corrected chi connectivity index (χ3v) is 11.1. The average Bonchev–Trinajstić information content (AvgIpc) is 3.54. The lowest BCUT2D eigenvalue weighted by Gasteiger charge is -2.52. The molecule has 3 aliphatic rings. The molecule has 12 heteroatoms. The maximum absolute atomic E-state index is 14.0. The molecule has 2 aromatic carbocycles. The lowest BCUT2D eigenvalue weighted by atomic mass is 9.68. The van der Waals surface area contributed by atoms with Crippen LogP contribution in [0.25, 0.3) is 11.0 Å². The monoisotopic (exact) mass is 672 g/mol. The number of nitrogens with two attached hydrogens (primary N) is 1. The van der Waals surface area contributed by atoms with Gasteiger partial charge in [-0.25, -0.2) is 14.6 Å². The smallest absolute Gasteiger partial charge is 0.225 e. The summed E-state index contributed by atoms with van der Waals surface area (Å²) in [5.74, 6) is 2.71. The molecule has 4 aromatic rings. The van der Waals surface area contributed by atoms with Crippen molar-refractivity contribution in [2.24, 2.45) is 11.7 Å². The molecule has 1 saturated heterocycles. The van der Waals surface area contributed by atoms with Crippen molar-refractivity contribution in [3.63, 3.8) is 0 Å². The van der Waals surface area contributed by atoms with E-state index in [1.807, 2.05) is 35.1 Å². The minimum atomic E-state index is -0.119. The zero-order valence-corrected chi connectivity index (χ0v) is 28.7. The van der Waals surface area contributed by atoms with Crippen molar-refractivity contribution in [1.82, 2.24) is 29.5 Å². The summed E-state index contributed by atoms with van der Waals surface area (Å²) in [5.41, 5.74) is 10.3. The van der Waals surface area contributed by atoms with Crippen LogP contribution in [0.3, 0.4) is 0 Å². The summed E-state index contributed by atoms with van der Waals surface area (Å²) in [6, 6.07) is 12.1. The van der Waals surface area contributed by atoms with Gasteiger partial charge < -0.3 is 25.0 Å². The van der Waals surface area contributed by atoms with Crippen LogP contribution in [-0.4, -0.2) is 95.5 Å². The largest absolute Gasteiger partial charge is 0.493 e. The van der Waals surface area contributed by atoms with E-state index >= 15 is 0 Å². The summed E-state index contributed by atoms with van der Waals surface area (Å²) in [6.07, 6.45) is 8.97. The number of halogens is 1. The Kier molecular flexibility index (Phi) is 9.44. The molecule has 2 fully saturated rings. The van der Waals surface area contributed by atoms with Gasteiger partial charge in [-0.3, -0.25) is 9.69 Å². The third-order valence-electron chi connectivity index (χ3n) is 10.7. The quantitative estimate of drug-likeness (QED) is 0.275. The molecule has 1 aliphatic carbocycles. The van der Waals surface area contributed by atoms with Crippen molar-refractivity contribution in [3.05, 3.63) is 70.6 Å². The molecule has 0 unspecified atom stereocenters. The Morgan fingerprint density at radius 1 is 1.02 bits per heavy atom. The summed E-state index contributed by atoms with van der Waals surface area (Å²) in [7, 11) is 3.39. The van der Waals surface area contributed by atoms with E-state index in [9.17, 15) is 4.79 Å². The van der Waals surface area contributed by atoms with Crippen LogP contribution >= 0.6 is 11.6 Å². The summed E-state index contributed by atoms with van der Waals surface area (Å²) in [5, 5.41) is 6.23. The van der Waals surface area contributed by atoms with Crippen LogP contribution in [-0.2, 0) is 23.3 Å². The van der Waals surface area contributed by atoms with Gasteiger partial charge >= 0.3 is 0 Å². The topological polar surface area (TPSA) is 115 Å². The standard InChI is InChI=1S/C36H45ClN8O3/c1-47-31-20-26-10-15-44(14-5-13-38)36(29(26)21-32(31)48-2)11-8-25(9-12-36)35(46)43-18-16-42(17-19-43)33-28-22-41-45(34(28)40-24-39-33)23-27-6-3-4-7-30(27)37/h3-4,6-7,20-22,24-25H,5,8-19,23,38H2,1-2H3/t25-,36-. The fourth-order valence-electron chi connectivity index (χ4n) is 8.17. The van der Waals surface area contributed by atoms with Gasteiger partial charge in [0.1, 0.15) is 12.1 Å². The average molecular weight is 673 g/mol. The lowest BCUT2D eigenvalue weighted by molar-refractivity contribution is -0.138. The SMILES string of the molecule is COc1cc2c(cc1OC)[C@]1(CC[C@@H](C(=O)N3CCN(c4ncnc5c4cnn5Cc4ccccc4Cl)CC3)CC1)N(CCCN)CC2. The molecule has 1 amide bonds. The first kappa shape index (κ1) is 32.6. The number of amides is 1. The van der Waals surface area contributed by atoms with Crippen molar-refractivity contribution in [1.29, 1.82) is 0 Å². The molecule has 2 N–H and O–H groups in total. The second-order valence-corrected chi connectivity index (χ2v) is 13.6. The molecule has 2 aliphatic heterocycles. The van der Waals surface area contributed by atoms with Crippen molar-refractivity contribution in [3.8, 4) is 11.5 Å². The van der Waals surface area contributed by atoms with Crippen LogP contribution in [0.1, 0.15) is 48.8 Å². The highest BCUT2D eigenvalue weighted by Crippen LogP contribution is 2.50. The molecule has 7 rings (SSSR count). The van der Waals surface area contributed by atoms with E-state index in [0.29, 0.717) is 44.3 Å². The van der Waals surface area contributed by atoms with E-state index < -0.39 is 0 Å². The number of carbonyl (C=O) groups excluding carboxylic acids is 1. The minimum Gasteiger partial charge on any atom is -0.493 e. The molecule has 11 nitrogen and oxygen atoms in total. The number of aromatic nitrogens is 4. The number of methoxy groups -OCH3 is 2. The summed E-state index contributed by atoms with van der Waals surface area (Å²) < 4.78 is 13.3. The van der Waals surface area contributed by atoms with Crippen LogP contribution in [0.15, 0.2) is 48.9 Å². The minimum absolute atomic E-state index is 0.0258. The first-order chi connectivity index (χ1) is 23.5. The first-order valence-corrected chi connectivity index (χ1v) is 17.5. The van der Waals surface area contributed by atoms with Gasteiger partial charge in [-0.15, -0.1) is 0 Å². The molecule has 254 valence electrons. The second-order valence-electron chi connectivity index (χ2n) is 13.2. The number of ether oxygens (including phenoxy) is 2. The van der Waals surface area contributed by atoms with Gasteiger partial charge in [0.15, 0.2) is 17.1 Å². The highest BCUT2D eigenvalue weighted by molar-refractivity contribution is 6.31. The number of carbonyl (C=O) groups is 1. The zero-order chi connectivity index (χ0) is 33.3. The van der Waals surface area contributed by atoms with Crippen molar-refractivity contribution < 1.29 is 14.3 Å². The number of hydrogen-bond donors (Lipinski definition) is 1. The van der Waals surface area contributed by atoms with Crippen molar-refractivity contribution in [2.75, 3.05) is 64.9 Å². The van der Waals surface area contributed by atoms with Gasteiger partial charge in [0.05, 0.1) is 32.3 Å². The van der Waals surface area contributed by atoms with E-state index in [-0.39, 0.29) is 17.4 Å². The van der Waals surface area contributed by atoms with E-state index in [2.05, 4.69) is 41.9 Å². The lowest BCUT2D eigenvalue weighted by Crippen LogP contribution is -2.55. The molecule has 4 heterocycles. The molecule has 0 atom stereocenters. The summed E-state index contributed by atoms with van der Waals surface area (Å²) in [6.45, 7) is 5.91. The van der Waals surface area contributed by atoms with Crippen LogP contribution in [0.2, 0.25) is 5.02 Å². The Hall–Kier alpha value is -3.93. The number of hydrogen-bond acceptors (Lipinski definition) is 9. The second kappa shape index (κ2) is 13.9. The predicted molar refractivity (Wildman–Crippen MR) is 187 cm³/mol. The van der Waals surface area contributed by atoms with E-state index in [1.54, 1.807) is 20.5 Å². The molecular weight excluding hydrogens is 628 g/mol. The van der Waals surface area contributed by atoms with Crippen LogP contribution < -0.4 is 20.1 Å².